The summed E-state index contributed by atoms with van der Waals surface area (Å²) in [5.74, 6) is 2.15. The van der Waals surface area contributed by atoms with Crippen molar-refractivity contribution in [2.45, 2.75) is 117 Å². The average molecular weight is 431 g/mol. The highest BCUT2D eigenvalue weighted by Gasteiger charge is 2.50. The van der Waals surface area contributed by atoms with Crippen molar-refractivity contribution in [3.8, 4) is 0 Å². The molecule has 0 aromatic rings. The van der Waals surface area contributed by atoms with Crippen molar-refractivity contribution >= 4 is 0 Å². The van der Waals surface area contributed by atoms with E-state index in [1.807, 2.05) is 26.8 Å². The van der Waals surface area contributed by atoms with Crippen LogP contribution in [0.5, 0.6) is 0 Å². The third-order valence-electron chi connectivity index (χ3n) is 8.72. The van der Waals surface area contributed by atoms with Crippen LogP contribution in [0.4, 0.5) is 0 Å². The van der Waals surface area contributed by atoms with Crippen LogP contribution in [-0.4, -0.2) is 33.1 Å². The molecule has 3 N–H and O–H groups in total. The summed E-state index contributed by atoms with van der Waals surface area (Å²) < 4.78 is 0. The summed E-state index contributed by atoms with van der Waals surface area (Å²) in [7, 11) is 0. The lowest BCUT2D eigenvalue weighted by Crippen LogP contribution is -2.36. The molecule has 0 spiro atoms. The minimum absolute atomic E-state index is 0.389. The van der Waals surface area contributed by atoms with Crippen LogP contribution in [-0.2, 0) is 0 Å². The van der Waals surface area contributed by atoms with Gasteiger partial charge in [-0.3, -0.25) is 0 Å². The first-order valence-corrected chi connectivity index (χ1v) is 12.7. The van der Waals surface area contributed by atoms with Crippen molar-refractivity contribution in [1.82, 2.24) is 0 Å². The average Bonchev–Trinajstić information content (AvgIpc) is 3.02. The van der Waals surface area contributed by atoms with Crippen LogP contribution in [0, 0.1) is 23.2 Å². The van der Waals surface area contributed by atoms with Gasteiger partial charge >= 0.3 is 0 Å². The van der Waals surface area contributed by atoms with E-state index in [-0.39, 0.29) is 0 Å². The molecule has 0 radical (unpaired) electrons. The molecule has 0 heterocycles. The molecule has 31 heavy (non-hydrogen) atoms. The van der Waals surface area contributed by atoms with Crippen molar-refractivity contribution < 1.29 is 15.3 Å². The highest BCUT2D eigenvalue weighted by Crippen LogP contribution is 2.60. The van der Waals surface area contributed by atoms with E-state index in [1.54, 1.807) is 5.57 Å². The maximum absolute atomic E-state index is 10.3. The zero-order chi connectivity index (χ0) is 22.8. The maximum Gasteiger partial charge on any atom is 0.0812 e. The molecule has 3 fully saturated rings. The number of fused-ring (bicyclic) bond motifs is 1. The van der Waals surface area contributed by atoms with Gasteiger partial charge in [0.1, 0.15) is 0 Å². The highest BCUT2D eigenvalue weighted by atomic mass is 16.3. The fraction of sp³-hybridized carbons (Fsp3) is 0.786. The van der Waals surface area contributed by atoms with Crippen LogP contribution in [0.1, 0.15) is 98.8 Å². The molecule has 0 aromatic carbocycles. The molecular formula is C28H46O3. The molecule has 3 saturated carbocycles. The first-order chi connectivity index (χ1) is 14.5. The Hall–Kier alpha value is -0.900. The molecule has 3 nitrogen and oxygen atoms in total. The Bertz CT molecular complexity index is 694. The number of hydrogen-bond donors (Lipinski definition) is 3. The number of allylic oxidation sites excluding steroid dienone is 4. The summed E-state index contributed by atoms with van der Waals surface area (Å²) in [5, 5.41) is 30.7. The predicted molar refractivity (Wildman–Crippen MR) is 129 cm³/mol. The number of aliphatic hydroxyl groups excluding tert-OH is 2. The fourth-order valence-corrected chi connectivity index (χ4v) is 7.06. The minimum Gasteiger partial charge on any atom is -0.390 e. The Morgan fingerprint density at radius 2 is 1.81 bits per heavy atom. The molecule has 0 saturated heterocycles. The first-order valence-electron chi connectivity index (χ1n) is 12.7. The first kappa shape index (κ1) is 24.7. The smallest absolute Gasteiger partial charge is 0.0812 e. The standard InChI is InChI=1S/C28H46O3/c1-6-22-25(29)17-20(18-26(22)30)11-12-21-10-8-16-28(5)23(13-14-24(21)28)19(2)9-7-15-27(3,4)31/h6,11-12,19,23-26,29-31H,7-10,13-18H2,1-5H3/b20-11?,21-12+,22-6?/t19-,23+,24-,25+,26?,28+/m0/s1. The lowest BCUT2D eigenvalue weighted by molar-refractivity contribution is 0.0596. The summed E-state index contributed by atoms with van der Waals surface area (Å²) in [5.41, 5.74) is 3.37. The summed E-state index contributed by atoms with van der Waals surface area (Å²) in [6, 6.07) is 0. The molecule has 3 aliphatic rings. The predicted octanol–water partition coefficient (Wildman–Crippen LogP) is 6.09. The van der Waals surface area contributed by atoms with Gasteiger partial charge in [0.25, 0.3) is 0 Å². The summed E-state index contributed by atoms with van der Waals surface area (Å²) >= 11 is 0. The van der Waals surface area contributed by atoms with Crippen molar-refractivity contribution in [2.24, 2.45) is 23.2 Å². The Balaban J connectivity index is 1.68. The van der Waals surface area contributed by atoms with Crippen LogP contribution in [0.15, 0.2) is 34.9 Å². The van der Waals surface area contributed by atoms with Crippen molar-refractivity contribution in [3.05, 3.63) is 34.9 Å². The quantitative estimate of drug-likeness (QED) is 0.447. The number of rotatable bonds is 6. The molecule has 0 amide bonds. The Kier molecular flexibility index (Phi) is 7.92. The van der Waals surface area contributed by atoms with E-state index >= 15 is 0 Å². The Morgan fingerprint density at radius 1 is 1.13 bits per heavy atom. The third kappa shape index (κ3) is 5.72. The summed E-state index contributed by atoms with van der Waals surface area (Å²) in [6.45, 7) is 10.7. The molecular weight excluding hydrogens is 384 g/mol. The van der Waals surface area contributed by atoms with E-state index < -0.39 is 17.8 Å². The molecule has 3 rings (SSSR count). The van der Waals surface area contributed by atoms with Gasteiger partial charge in [0.2, 0.25) is 0 Å². The van der Waals surface area contributed by atoms with Gasteiger partial charge in [-0.1, -0.05) is 56.1 Å². The monoisotopic (exact) mass is 430 g/mol. The van der Waals surface area contributed by atoms with Gasteiger partial charge < -0.3 is 15.3 Å². The van der Waals surface area contributed by atoms with Crippen LogP contribution in [0.25, 0.3) is 0 Å². The van der Waals surface area contributed by atoms with Gasteiger partial charge in [0, 0.05) is 0 Å². The fourth-order valence-electron chi connectivity index (χ4n) is 7.06. The molecule has 3 heteroatoms. The lowest BCUT2D eigenvalue weighted by Gasteiger charge is -2.44. The molecule has 1 unspecified atom stereocenters. The molecule has 3 aliphatic carbocycles. The van der Waals surface area contributed by atoms with E-state index in [1.165, 1.54) is 44.1 Å². The third-order valence-corrected chi connectivity index (χ3v) is 8.72. The zero-order valence-electron chi connectivity index (χ0n) is 20.5. The largest absolute Gasteiger partial charge is 0.390 e. The van der Waals surface area contributed by atoms with E-state index in [0.29, 0.717) is 30.1 Å². The molecule has 0 aromatic heterocycles. The van der Waals surface area contributed by atoms with Crippen molar-refractivity contribution in [3.63, 3.8) is 0 Å². The Labute approximate surface area is 190 Å². The Morgan fingerprint density at radius 3 is 2.42 bits per heavy atom. The second kappa shape index (κ2) is 9.93. The van der Waals surface area contributed by atoms with Gasteiger partial charge in [-0.25, -0.2) is 0 Å². The molecule has 0 aliphatic heterocycles. The van der Waals surface area contributed by atoms with E-state index in [2.05, 4.69) is 26.0 Å². The highest BCUT2D eigenvalue weighted by molar-refractivity contribution is 5.30. The van der Waals surface area contributed by atoms with Crippen LogP contribution < -0.4 is 0 Å². The van der Waals surface area contributed by atoms with Gasteiger partial charge in [0.05, 0.1) is 17.8 Å². The second-order valence-corrected chi connectivity index (χ2v) is 11.6. The molecule has 176 valence electrons. The lowest BCUT2D eigenvalue weighted by atomic mass is 9.60. The molecule has 0 bridgehead atoms. The van der Waals surface area contributed by atoms with Crippen LogP contribution in [0.3, 0.4) is 0 Å². The van der Waals surface area contributed by atoms with Crippen molar-refractivity contribution in [2.75, 3.05) is 0 Å². The van der Waals surface area contributed by atoms with Crippen LogP contribution in [0.2, 0.25) is 0 Å². The van der Waals surface area contributed by atoms with Gasteiger partial charge in [-0.05, 0) is 101 Å². The normalized spacial score (nSPS) is 39.3. The number of aliphatic hydroxyl groups is 3. The van der Waals surface area contributed by atoms with Crippen LogP contribution >= 0.6 is 0 Å². The molecule has 6 atom stereocenters. The number of hydrogen-bond acceptors (Lipinski definition) is 3. The topological polar surface area (TPSA) is 60.7 Å². The summed E-state index contributed by atoms with van der Waals surface area (Å²) in [4.78, 5) is 0. The summed E-state index contributed by atoms with van der Waals surface area (Å²) in [6.07, 6.45) is 16.2. The van der Waals surface area contributed by atoms with Gasteiger partial charge in [0.15, 0.2) is 0 Å². The minimum atomic E-state index is -0.552. The SMILES string of the molecule is CC=C1C(O)CC(=C/C=C2\CCC[C@]3(C)[C@@H]([C@@H](C)CCCC(C)(C)O)CC[C@@H]23)C[C@H]1O. The second-order valence-electron chi connectivity index (χ2n) is 11.6. The van der Waals surface area contributed by atoms with E-state index in [4.69, 9.17) is 0 Å². The van der Waals surface area contributed by atoms with Crippen molar-refractivity contribution in [1.29, 1.82) is 0 Å². The van der Waals surface area contributed by atoms with E-state index in [9.17, 15) is 15.3 Å². The zero-order valence-corrected chi connectivity index (χ0v) is 20.5. The van der Waals surface area contributed by atoms with Gasteiger partial charge in [-0.15, -0.1) is 0 Å². The van der Waals surface area contributed by atoms with E-state index in [0.717, 1.165) is 24.3 Å². The van der Waals surface area contributed by atoms with Gasteiger partial charge in [-0.2, -0.15) is 0 Å². The maximum atomic E-state index is 10.3.